The van der Waals surface area contributed by atoms with Crippen LogP contribution < -0.4 is 9.47 Å². The van der Waals surface area contributed by atoms with Gasteiger partial charge in [-0.3, -0.25) is 4.79 Å². The summed E-state index contributed by atoms with van der Waals surface area (Å²) in [5, 5.41) is 6.70. The molecule has 178 valence electrons. The van der Waals surface area contributed by atoms with Gasteiger partial charge in [0.05, 0.1) is 26.0 Å². The summed E-state index contributed by atoms with van der Waals surface area (Å²) >= 11 is 0. The van der Waals surface area contributed by atoms with E-state index in [0.29, 0.717) is 5.56 Å². The highest BCUT2D eigenvalue weighted by Crippen LogP contribution is 2.45. The van der Waals surface area contributed by atoms with Gasteiger partial charge in [0.2, 0.25) is 0 Å². The van der Waals surface area contributed by atoms with Crippen molar-refractivity contribution in [2.75, 3.05) is 14.2 Å². The van der Waals surface area contributed by atoms with Gasteiger partial charge in [-0.15, -0.1) is 0 Å². The van der Waals surface area contributed by atoms with Crippen LogP contribution in [0.4, 0.5) is 0 Å². The standard InChI is InChI=1S/C30H30N2O3/c1-20-7-11-23(12-8-20)30(33)32-29(22-13-17-26(35-3)18-14-22)27-6-4-5-24(28(27)31-32)19-21-9-15-25(34-2)16-10-21/h7-19,27,29H,4-6H2,1-3H3/b24-19-. The molecule has 0 aromatic heterocycles. The number of amides is 1. The Labute approximate surface area is 206 Å². The zero-order chi connectivity index (χ0) is 24.4. The predicted molar refractivity (Wildman–Crippen MR) is 139 cm³/mol. The molecule has 5 nitrogen and oxygen atoms in total. The third-order valence-corrected chi connectivity index (χ3v) is 6.92. The van der Waals surface area contributed by atoms with E-state index >= 15 is 0 Å². The van der Waals surface area contributed by atoms with E-state index in [1.165, 1.54) is 5.57 Å². The Balaban J connectivity index is 1.55. The average Bonchev–Trinajstić information content (AvgIpc) is 3.30. The first kappa shape index (κ1) is 22.9. The van der Waals surface area contributed by atoms with Crippen molar-refractivity contribution in [1.82, 2.24) is 5.01 Å². The molecule has 0 bridgehead atoms. The normalized spacial score (nSPS) is 20.4. The number of aryl methyl sites for hydroxylation is 1. The van der Waals surface area contributed by atoms with Crippen LogP contribution in [-0.4, -0.2) is 30.8 Å². The summed E-state index contributed by atoms with van der Waals surface area (Å²) in [6, 6.07) is 23.6. The molecule has 0 N–H and O–H groups in total. The lowest BCUT2D eigenvalue weighted by molar-refractivity contribution is 0.0681. The first-order chi connectivity index (χ1) is 17.1. The van der Waals surface area contributed by atoms with Gasteiger partial charge in [-0.2, -0.15) is 5.10 Å². The van der Waals surface area contributed by atoms with Crippen LogP contribution in [-0.2, 0) is 0 Å². The van der Waals surface area contributed by atoms with Gasteiger partial charge in [0.25, 0.3) is 5.91 Å². The van der Waals surface area contributed by atoms with Crippen LogP contribution in [0.25, 0.3) is 6.08 Å². The number of carbonyl (C=O) groups excluding carboxylic acids is 1. The highest BCUT2D eigenvalue weighted by molar-refractivity contribution is 6.09. The number of methoxy groups -OCH3 is 2. The van der Waals surface area contributed by atoms with Gasteiger partial charge >= 0.3 is 0 Å². The minimum absolute atomic E-state index is 0.0727. The Morgan fingerprint density at radius 3 is 2.17 bits per heavy atom. The predicted octanol–water partition coefficient (Wildman–Crippen LogP) is 6.45. The highest BCUT2D eigenvalue weighted by Gasteiger charge is 2.43. The molecule has 2 unspecified atom stereocenters. The highest BCUT2D eigenvalue weighted by atomic mass is 16.5. The molecule has 0 radical (unpaired) electrons. The Bertz CT molecular complexity index is 1260. The Hall–Kier alpha value is -3.86. The summed E-state index contributed by atoms with van der Waals surface area (Å²) < 4.78 is 10.7. The van der Waals surface area contributed by atoms with Crippen molar-refractivity contribution in [3.63, 3.8) is 0 Å². The second-order valence-electron chi connectivity index (χ2n) is 9.16. The third-order valence-electron chi connectivity index (χ3n) is 6.92. The number of fused-ring (bicyclic) bond motifs is 1. The maximum atomic E-state index is 13.7. The molecule has 0 spiro atoms. The monoisotopic (exact) mass is 466 g/mol. The largest absolute Gasteiger partial charge is 0.497 e. The first-order valence-electron chi connectivity index (χ1n) is 12.0. The van der Waals surface area contributed by atoms with Crippen molar-refractivity contribution < 1.29 is 14.3 Å². The van der Waals surface area contributed by atoms with Crippen LogP contribution in [0.1, 0.15) is 52.4 Å². The summed E-state index contributed by atoms with van der Waals surface area (Å²) in [4.78, 5) is 13.7. The van der Waals surface area contributed by atoms with E-state index in [0.717, 1.165) is 53.2 Å². The number of carbonyl (C=O) groups is 1. The Morgan fingerprint density at radius 2 is 1.54 bits per heavy atom. The zero-order valence-electron chi connectivity index (χ0n) is 20.4. The molecule has 1 saturated carbocycles. The van der Waals surface area contributed by atoms with Gasteiger partial charge in [0, 0.05) is 11.5 Å². The number of rotatable bonds is 5. The molecule has 3 aromatic carbocycles. The van der Waals surface area contributed by atoms with Gasteiger partial charge in [-0.05, 0) is 85.4 Å². The number of benzene rings is 3. The molecule has 0 saturated heterocycles. The lowest BCUT2D eigenvalue weighted by Gasteiger charge is -2.29. The summed E-state index contributed by atoms with van der Waals surface area (Å²) in [5.74, 6) is 1.71. The summed E-state index contributed by atoms with van der Waals surface area (Å²) in [6.45, 7) is 2.02. The van der Waals surface area contributed by atoms with Gasteiger partial charge in [0.15, 0.2) is 0 Å². The fourth-order valence-electron chi connectivity index (χ4n) is 5.03. The molecule has 1 aliphatic heterocycles. The van der Waals surface area contributed by atoms with Crippen LogP contribution in [0, 0.1) is 12.8 Å². The quantitative estimate of drug-likeness (QED) is 0.434. The molecular weight excluding hydrogens is 436 g/mol. The maximum absolute atomic E-state index is 13.7. The molecule has 2 aliphatic rings. The Kier molecular flexibility index (Phi) is 6.41. The molecule has 2 atom stereocenters. The van der Waals surface area contributed by atoms with Gasteiger partial charge in [0.1, 0.15) is 11.5 Å². The Morgan fingerprint density at radius 1 is 0.914 bits per heavy atom. The van der Waals surface area contributed by atoms with Crippen molar-refractivity contribution in [3.05, 3.63) is 101 Å². The van der Waals surface area contributed by atoms with Crippen LogP contribution >= 0.6 is 0 Å². The number of nitrogens with zero attached hydrogens (tertiary/aromatic N) is 2. The molecule has 1 heterocycles. The van der Waals surface area contributed by atoms with E-state index in [1.807, 2.05) is 55.5 Å². The smallest absolute Gasteiger partial charge is 0.274 e. The van der Waals surface area contributed by atoms with Crippen molar-refractivity contribution in [2.45, 2.75) is 32.2 Å². The topological polar surface area (TPSA) is 51.1 Å². The van der Waals surface area contributed by atoms with Gasteiger partial charge in [-0.1, -0.05) is 42.0 Å². The fraction of sp³-hybridized carbons (Fsp3) is 0.267. The van der Waals surface area contributed by atoms with Crippen molar-refractivity contribution in [2.24, 2.45) is 11.0 Å². The molecule has 35 heavy (non-hydrogen) atoms. The van der Waals surface area contributed by atoms with E-state index < -0.39 is 0 Å². The van der Waals surface area contributed by atoms with Crippen LogP contribution in [0.5, 0.6) is 11.5 Å². The van der Waals surface area contributed by atoms with Crippen molar-refractivity contribution >= 4 is 17.7 Å². The minimum atomic E-state index is -0.149. The lowest BCUT2D eigenvalue weighted by Crippen LogP contribution is -2.31. The minimum Gasteiger partial charge on any atom is -0.497 e. The summed E-state index contributed by atoms with van der Waals surface area (Å²) in [6.07, 6.45) is 5.21. The van der Waals surface area contributed by atoms with Crippen molar-refractivity contribution in [1.29, 1.82) is 0 Å². The first-order valence-corrected chi connectivity index (χ1v) is 12.0. The van der Waals surface area contributed by atoms with Crippen molar-refractivity contribution in [3.8, 4) is 11.5 Å². The molecule has 1 amide bonds. The molecule has 5 rings (SSSR count). The second kappa shape index (κ2) is 9.79. The molecule has 1 fully saturated rings. The van der Waals surface area contributed by atoms with E-state index in [9.17, 15) is 4.79 Å². The number of hydrazone groups is 1. The number of hydrogen-bond acceptors (Lipinski definition) is 4. The second-order valence-corrected chi connectivity index (χ2v) is 9.16. The summed E-state index contributed by atoms with van der Waals surface area (Å²) in [5.41, 5.74) is 6.17. The maximum Gasteiger partial charge on any atom is 0.274 e. The molecular formula is C30H30N2O3. The molecule has 1 aliphatic carbocycles. The van der Waals surface area contributed by atoms with E-state index in [4.69, 9.17) is 14.6 Å². The van der Waals surface area contributed by atoms with E-state index in [-0.39, 0.29) is 17.9 Å². The van der Waals surface area contributed by atoms with Crippen LogP contribution in [0.2, 0.25) is 0 Å². The SMILES string of the molecule is COc1ccc(/C=C2/CCCC3C2=NN(C(=O)c2ccc(C)cc2)C3c2ccc(OC)cc2)cc1. The third kappa shape index (κ3) is 4.59. The van der Waals surface area contributed by atoms with E-state index in [1.54, 1.807) is 19.2 Å². The molecule has 3 aromatic rings. The lowest BCUT2D eigenvalue weighted by atomic mass is 9.77. The number of hydrogen-bond donors (Lipinski definition) is 0. The van der Waals surface area contributed by atoms with Gasteiger partial charge < -0.3 is 9.47 Å². The average molecular weight is 467 g/mol. The zero-order valence-corrected chi connectivity index (χ0v) is 20.4. The fourth-order valence-corrected chi connectivity index (χ4v) is 5.03. The van der Waals surface area contributed by atoms with E-state index in [2.05, 4.69) is 30.3 Å². The van der Waals surface area contributed by atoms with Crippen LogP contribution in [0.3, 0.4) is 0 Å². The van der Waals surface area contributed by atoms with Crippen LogP contribution in [0.15, 0.2) is 83.5 Å². The van der Waals surface area contributed by atoms with Gasteiger partial charge in [-0.25, -0.2) is 5.01 Å². The number of allylic oxidation sites excluding steroid dienone is 1. The number of ether oxygens (including phenoxy) is 2. The molecule has 5 heteroatoms. The summed E-state index contributed by atoms with van der Waals surface area (Å²) in [7, 11) is 3.34.